The average Bonchev–Trinajstić information content (AvgIpc) is 2.93. The monoisotopic (exact) mass is 286 g/mol. The van der Waals surface area contributed by atoms with Gasteiger partial charge >= 0.3 is 0 Å². The molecule has 2 aliphatic rings. The number of hydrogen-bond acceptors (Lipinski definition) is 2. The molecule has 1 aromatic rings. The van der Waals surface area contributed by atoms with Gasteiger partial charge in [0.25, 0.3) is 0 Å². The van der Waals surface area contributed by atoms with Gasteiger partial charge in [-0.3, -0.25) is 9.98 Å². The van der Waals surface area contributed by atoms with Crippen molar-refractivity contribution in [2.75, 3.05) is 20.1 Å². The fourth-order valence-electron chi connectivity index (χ4n) is 3.83. The topological polar surface area (TPSA) is 40.5 Å². The van der Waals surface area contributed by atoms with E-state index < -0.39 is 0 Å². The predicted octanol–water partition coefficient (Wildman–Crippen LogP) is 2.81. The molecule has 0 aromatic carbocycles. The van der Waals surface area contributed by atoms with Gasteiger partial charge in [-0.1, -0.05) is 25.3 Å². The van der Waals surface area contributed by atoms with E-state index in [4.69, 9.17) is 0 Å². The SMILES string of the molecule is CN=C(NCc1ccccn1)N1CCC2(CCCCC2)C1. The summed E-state index contributed by atoms with van der Waals surface area (Å²) in [6.45, 7) is 3.06. The number of nitrogens with zero attached hydrogens (tertiary/aromatic N) is 3. The third-order valence-electron chi connectivity index (χ3n) is 5.02. The minimum absolute atomic E-state index is 0.570. The lowest BCUT2D eigenvalue weighted by Crippen LogP contribution is -2.41. The quantitative estimate of drug-likeness (QED) is 0.671. The zero-order chi connectivity index (χ0) is 14.5. The largest absolute Gasteiger partial charge is 0.351 e. The molecule has 0 atom stereocenters. The van der Waals surface area contributed by atoms with Gasteiger partial charge in [0.2, 0.25) is 0 Å². The van der Waals surface area contributed by atoms with E-state index >= 15 is 0 Å². The zero-order valence-corrected chi connectivity index (χ0v) is 13.0. The summed E-state index contributed by atoms with van der Waals surface area (Å²) in [5.74, 6) is 1.03. The molecule has 0 bridgehead atoms. The van der Waals surface area contributed by atoms with E-state index in [1.807, 2.05) is 31.4 Å². The van der Waals surface area contributed by atoms with Crippen LogP contribution in [0.5, 0.6) is 0 Å². The maximum Gasteiger partial charge on any atom is 0.193 e. The van der Waals surface area contributed by atoms with E-state index in [0.29, 0.717) is 5.41 Å². The van der Waals surface area contributed by atoms with Crippen molar-refractivity contribution < 1.29 is 0 Å². The van der Waals surface area contributed by atoms with Crippen LogP contribution in [-0.4, -0.2) is 36.0 Å². The number of aliphatic imine (C=N–C) groups is 1. The summed E-state index contributed by atoms with van der Waals surface area (Å²) in [5.41, 5.74) is 1.63. The van der Waals surface area contributed by atoms with E-state index in [0.717, 1.165) is 24.7 Å². The summed E-state index contributed by atoms with van der Waals surface area (Å²) in [7, 11) is 1.88. The molecule has 1 aliphatic heterocycles. The smallest absolute Gasteiger partial charge is 0.193 e. The van der Waals surface area contributed by atoms with Gasteiger partial charge in [-0.2, -0.15) is 0 Å². The molecule has 2 fully saturated rings. The molecule has 1 saturated heterocycles. The van der Waals surface area contributed by atoms with Gasteiger partial charge in [-0.15, -0.1) is 0 Å². The minimum Gasteiger partial charge on any atom is -0.351 e. The standard InChI is InChI=1S/C17H26N4/c1-18-16(20-13-15-7-3-6-11-19-15)21-12-10-17(14-21)8-4-2-5-9-17/h3,6-7,11H,2,4-5,8-10,12-14H2,1H3,(H,18,20). The molecule has 1 spiro atoms. The Kier molecular flexibility index (Phi) is 4.42. The minimum atomic E-state index is 0.570. The van der Waals surface area contributed by atoms with Gasteiger partial charge < -0.3 is 10.2 Å². The Morgan fingerprint density at radius 2 is 2.14 bits per heavy atom. The molecule has 1 N–H and O–H groups in total. The van der Waals surface area contributed by atoms with E-state index in [9.17, 15) is 0 Å². The lowest BCUT2D eigenvalue weighted by molar-refractivity contribution is 0.203. The normalized spacial score (nSPS) is 21.8. The summed E-state index contributed by atoms with van der Waals surface area (Å²) in [5, 5.41) is 3.46. The first-order valence-corrected chi connectivity index (χ1v) is 8.17. The van der Waals surface area contributed by atoms with Crippen LogP contribution in [0.3, 0.4) is 0 Å². The first kappa shape index (κ1) is 14.4. The van der Waals surface area contributed by atoms with Crippen LogP contribution in [0.4, 0.5) is 0 Å². The molecular weight excluding hydrogens is 260 g/mol. The van der Waals surface area contributed by atoms with Gasteiger partial charge in [-0.25, -0.2) is 0 Å². The van der Waals surface area contributed by atoms with Crippen molar-refractivity contribution in [3.05, 3.63) is 30.1 Å². The predicted molar refractivity (Wildman–Crippen MR) is 86.1 cm³/mol. The number of pyridine rings is 1. The third-order valence-corrected chi connectivity index (χ3v) is 5.02. The molecule has 2 heterocycles. The van der Waals surface area contributed by atoms with Gasteiger partial charge in [0.15, 0.2) is 5.96 Å². The molecule has 1 saturated carbocycles. The van der Waals surface area contributed by atoms with Crippen LogP contribution < -0.4 is 5.32 Å². The number of aromatic nitrogens is 1. The maximum absolute atomic E-state index is 4.47. The van der Waals surface area contributed by atoms with E-state index in [2.05, 4.69) is 20.2 Å². The van der Waals surface area contributed by atoms with Gasteiger partial charge in [0.1, 0.15) is 0 Å². The van der Waals surface area contributed by atoms with Crippen LogP contribution in [0.1, 0.15) is 44.2 Å². The number of rotatable bonds is 2. The molecule has 4 heteroatoms. The number of guanidine groups is 1. The molecule has 4 nitrogen and oxygen atoms in total. The van der Waals surface area contributed by atoms with Crippen LogP contribution in [-0.2, 0) is 6.54 Å². The first-order chi connectivity index (χ1) is 10.3. The van der Waals surface area contributed by atoms with E-state index in [-0.39, 0.29) is 0 Å². The summed E-state index contributed by atoms with van der Waals surface area (Å²) < 4.78 is 0. The van der Waals surface area contributed by atoms with Crippen LogP contribution in [0.25, 0.3) is 0 Å². The molecular formula is C17H26N4. The molecule has 0 radical (unpaired) electrons. The Morgan fingerprint density at radius 1 is 1.29 bits per heavy atom. The van der Waals surface area contributed by atoms with E-state index in [1.165, 1.54) is 45.1 Å². The Morgan fingerprint density at radius 3 is 2.86 bits per heavy atom. The number of likely N-dealkylation sites (tertiary alicyclic amines) is 1. The third kappa shape index (κ3) is 3.36. The fourth-order valence-corrected chi connectivity index (χ4v) is 3.83. The highest BCUT2D eigenvalue weighted by molar-refractivity contribution is 5.80. The van der Waals surface area contributed by atoms with Crippen LogP contribution in [0.2, 0.25) is 0 Å². The van der Waals surface area contributed by atoms with Crippen molar-refractivity contribution >= 4 is 5.96 Å². The second-order valence-electron chi connectivity index (χ2n) is 6.45. The summed E-state index contributed by atoms with van der Waals surface area (Å²) >= 11 is 0. The number of hydrogen-bond donors (Lipinski definition) is 1. The van der Waals surface area contributed by atoms with Crippen molar-refractivity contribution in [1.29, 1.82) is 0 Å². The molecule has 114 valence electrons. The van der Waals surface area contributed by atoms with Crippen LogP contribution in [0.15, 0.2) is 29.4 Å². The van der Waals surface area contributed by atoms with Gasteiger partial charge in [0, 0.05) is 26.3 Å². The fraction of sp³-hybridized carbons (Fsp3) is 0.647. The van der Waals surface area contributed by atoms with E-state index in [1.54, 1.807) is 0 Å². The molecule has 3 rings (SSSR count). The maximum atomic E-state index is 4.47. The molecule has 0 unspecified atom stereocenters. The van der Waals surface area contributed by atoms with Crippen LogP contribution >= 0.6 is 0 Å². The zero-order valence-electron chi connectivity index (χ0n) is 13.0. The highest BCUT2D eigenvalue weighted by Crippen LogP contribution is 2.43. The Balaban J connectivity index is 1.57. The van der Waals surface area contributed by atoms with Gasteiger partial charge in [0.05, 0.1) is 12.2 Å². The Labute approximate surface area is 127 Å². The van der Waals surface area contributed by atoms with Crippen molar-refractivity contribution in [3.63, 3.8) is 0 Å². The Bertz CT molecular complexity index is 477. The molecule has 21 heavy (non-hydrogen) atoms. The summed E-state index contributed by atoms with van der Waals surface area (Å²) in [6.07, 6.45) is 10.2. The van der Waals surface area contributed by atoms with Crippen molar-refractivity contribution in [1.82, 2.24) is 15.2 Å². The highest BCUT2D eigenvalue weighted by atomic mass is 15.3. The highest BCUT2D eigenvalue weighted by Gasteiger charge is 2.39. The summed E-state index contributed by atoms with van der Waals surface area (Å²) in [4.78, 5) is 11.3. The molecule has 0 amide bonds. The number of nitrogens with one attached hydrogen (secondary N) is 1. The average molecular weight is 286 g/mol. The molecule has 1 aliphatic carbocycles. The molecule has 1 aromatic heterocycles. The second-order valence-corrected chi connectivity index (χ2v) is 6.45. The Hall–Kier alpha value is -1.58. The van der Waals surface area contributed by atoms with Gasteiger partial charge in [-0.05, 0) is 36.8 Å². The lowest BCUT2D eigenvalue weighted by Gasteiger charge is -2.33. The lowest BCUT2D eigenvalue weighted by atomic mass is 9.73. The van der Waals surface area contributed by atoms with Crippen molar-refractivity contribution in [2.45, 2.75) is 45.1 Å². The summed E-state index contributed by atoms with van der Waals surface area (Å²) in [6, 6.07) is 6.03. The van der Waals surface area contributed by atoms with Crippen LogP contribution in [0, 0.1) is 5.41 Å². The first-order valence-electron chi connectivity index (χ1n) is 8.17. The second kappa shape index (κ2) is 6.46. The van der Waals surface area contributed by atoms with Crippen molar-refractivity contribution in [2.24, 2.45) is 10.4 Å². The van der Waals surface area contributed by atoms with Crippen molar-refractivity contribution in [3.8, 4) is 0 Å².